The van der Waals surface area contributed by atoms with Crippen LogP contribution in [0.25, 0.3) is 11.0 Å². The molecule has 7 heteroatoms. The number of benzene rings is 1. The molecule has 1 atom stereocenters. The molecule has 0 aliphatic heterocycles. The van der Waals surface area contributed by atoms with Crippen LogP contribution in [0.2, 0.25) is 0 Å². The molecule has 3 aromatic rings. The number of rotatable bonds is 4. The largest absolute Gasteiger partial charge is 0.350 e. The summed E-state index contributed by atoms with van der Waals surface area (Å²) in [7, 11) is 0. The van der Waals surface area contributed by atoms with Crippen LogP contribution < -0.4 is 10.9 Å². The van der Waals surface area contributed by atoms with Gasteiger partial charge in [-0.05, 0) is 42.9 Å². The van der Waals surface area contributed by atoms with Crippen LogP contribution in [0.1, 0.15) is 30.2 Å². The van der Waals surface area contributed by atoms with Crippen LogP contribution in [0.4, 0.5) is 4.39 Å². The van der Waals surface area contributed by atoms with Gasteiger partial charge in [0.1, 0.15) is 18.7 Å². The summed E-state index contributed by atoms with van der Waals surface area (Å²) in [6.45, 7) is 2.08. The fourth-order valence-corrected chi connectivity index (χ4v) is 3.58. The summed E-state index contributed by atoms with van der Waals surface area (Å²) in [6, 6.07) is 8.12. The summed E-state index contributed by atoms with van der Waals surface area (Å²) >= 11 is 0. The molecule has 28 heavy (non-hydrogen) atoms. The maximum absolute atomic E-state index is 13.6. The third kappa shape index (κ3) is 3.65. The van der Waals surface area contributed by atoms with Crippen molar-refractivity contribution in [1.82, 2.24) is 19.9 Å². The van der Waals surface area contributed by atoms with Crippen molar-refractivity contribution in [3.63, 3.8) is 0 Å². The number of hydrogen-bond donors (Lipinski definition) is 1. The zero-order valence-corrected chi connectivity index (χ0v) is 15.6. The molecule has 4 rings (SSSR count). The first-order valence-electron chi connectivity index (χ1n) is 9.39. The number of hydrogen-bond acceptors (Lipinski definition) is 4. The molecule has 1 aromatic carbocycles. The zero-order valence-electron chi connectivity index (χ0n) is 15.6. The minimum atomic E-state index is -0.383. The molecule has 1 aliphatic carbocycles. The fraction of sp³-hybridized carbons (Fsp3) is 0.333. The standard InChI is InChI=1S/C21H21FN4O2/c1-13-6-7-18-15(8-13)9-16-20(25-18)24-12-26(21(16)28)11-19(27)23-10-14-4-2-3-5-17(14)22/h2-5,9,12-13H,6-8,10-11H2,1H3,(H,23,27)/t13-/m1/s1. The highest BCUT2D eigenvalue weighted by atomic mass is 19.1. The van der Waals surface area contributed by atoms with Crippen molar-refractivity contribution in [1.29, 1.82) is 0 Å². The summed E-state index contributed by atoms with van der Waals surface area (Å²) in [5, 5.41) is 3.07. The van der Waals surface area contributed by atoms with E-state index >= 15 is 0 Å². The highest BCUT2D eigenvalue weighted by Crippen LogP contribution is 2.25. The molecule has 0 saturated heterocycles. The highest BCUT2D eigenvalue weighted by molar-refractivity contribution is 5.77. The number of halogens is 1. The van der Waals surface area contributed by atoms with E-state index < -0.39 is 0 Å². The first kappa shape index (κ1) is 18.3. The molecule has 144 valence electrons. The number of carbonyl (C=O) groups is 1. The smallest absolute Gasteiger partial charge is 0.263 e. The van der Waals surface area contributed by atoms with Gasteiger partial charge in [-0.1, -0.05) is 25.1 Å². The first-order valence-corrected chi connectivity index (χ1v) is 9.39. The van der Waals surface area contributed by atoms with Crippen LogP contribution in [-0.4, -0.2) is 20.4 Å². The van der Waals surface area contributed by atoms with Crippen LogP contribution in [0.3, 0.4) is 0 Å². The molecule has 1 amide bonds. The minimum Gasteiger partial charge on any atom is -0.350 e. The molecular formula is C21H21FN4O2. The lowest BCUT2D eigenvalue weighted by Gasteiger charge is -2.20. The van der Waals surface area contributed by atoms with E-state index in [9.17, 15) is 14.0 Å². The van der Waals surface area contributed by atoms with Gasteiger partial charge in [0, 0.05) is 17.8 Å². The number of nitrogens with zero attached hydrogens (tertiary/aromatic N) is 3. The van der Waals surface area contributed by atoms with Gasteiger partial charge < -0.3 is 5.32 Å². The van der Waals surface area contributed by atoms with Gasteiger partial charge in [-0.15, -0.1) is 0 Å². The number of pyridine rings is 1. The Kier molecular flexibility index (Phi) is 4.90. The van der Waals surface area contributed by atoms with E-state index in [1.54, 1.807) is 18.2 Å². The lowest BCUT2D eigenvalue weighted by molar-refractivity contribution is -0.121. The Morgan fingerprint density at radius 3 is 3.00 bits per heavy atom. The average Bonchev–Trinajstić information content (AvgIpc) is 2.68. The van der Waals surface area contributed by atoms with Crippen LogP contribution in [0.5, 0.6) is 0 Å². The van der Waals surface area contributed by atoms with Crippen molar-refractivity contribution in [2.75, 3.05) is 0 Å². The van der Waals surface area contributed by atoms with E-state index in [1.807, 2.05) is 6.07 Å². The molecule has 0 bridgehead atoms. The quantitative estimate of drug-likeness (QED) is 0.754. The Morgan fingerprint density at radius 1 is 1.36 bits per heavy atom. The van der Waals surface area contributed by atoms with Gasteiger partial charge >= 0.3 is 0 Å². The van der Waals surface area contributed by atoms with Gasteiger partial charge in [-0.2, -0.15) is 0 Å². The van der Waals surface area contributed by atoms with Crippen LogP contribution in [0, 0.1) is 11.7 Å². The van der Waals surface area contributed by atoms with Crippen molar-refractivity contribution >= 4 is 16.9 Å². The van der Waals surface area contributed by atoms with E-state index in [-0.39, 0.29) is 30.4 Å². The molecule has 0 radical (unpaired) electrons. The molecule has 1 aliphatic rings. The van der Waals surface area contributed by atoms with Gasteiger partial charge in [-0.3, -0.25) is 14.2 Å². The normalized spacial score (nSPS) is 16.0. The highest BCUT2D eigenvalue weighted by Gasteiger charge is 2.19. The second kappa shape index (κ2) is 7.50. The molecule has 2 aromatic heterocycles. The third-order valence-electron chi connectivity index (χ3n) is 5.17. The maximum atomic E-state index is 13.6. The second-order valence-electron chi connectivity index (χ2n) is 7.36. The molecule has 0 fully saturated rings. The summed E-state index contributed by atoms with van der Waals surface area (Å²) in [4.78, 5) is 33.8. The summed E-state index contributed by atoms with van der Waals surface area (Å²) in [6.07, 6.45) is 4.23. The second-order valence-corrected chi connectivity index (χ2v) is 7.36. The minimum absolute atomic E-state index is 0.0637. The van der Waals surface area contributed by atoms with Gasteiger partial charge in [0.15, 0.2) is 5.65 Å². The van der Waals surface area contributed by atoms with Gasteiger partial charge in [0.25, 0.3) is 5.56 Å². The van der Waals surface area contributed by atoms with Crippen LogP contribution in [0.15, 0.2) is 41.5 Å². The van der Waals surface area contributed by atoms with Crippen molar-refractivity contribution in [2.45, 2.75) is 39.3 Å². The Labute approximate surface area is 161 Å². The van der Waals surface area contributed by atoms with Crippen molar-refractivity contribution in [2.24, 2.45) is 5.92 Å². The van der Waals surface area contributed by atoms with Gasteiger partial charge in [0.05, 0.1) is 5.39 Å². The van der Waals surface area contributed by atoms with Crippen molar-refractivity contribution in [3.05, 3.63) is 69.7 Å². The molecule has 6 nitrogen and oxygen atoms in total. The number of nitrogens with one attached hydrogen (secondary N) is 1. The number of amides is 1. The van der Waals surface area contributed by atoms with E-state index in [1.165, 1.54) is 17.0 Å². The summed E-state index contributed by atoms with van der Waals surface area (Å²) < 4.78 is 14.9. The van der Waals surface area contributed by atoms with E-state index in [0.717, 1.165) is 30.5 Å². The van der Waals surface area contributed by atoms with E-state index in [0.29, 0.717) is 22.5 Å². The zero-order chi connectivity index (χ0) is 19.7. The number of fused-ring (bicyclic) bond motifs is 2. The lowest BCUT2D eigenvalue weighted by atomic mass is 9.87. The fourth-order valence-electron chi connectivity index (χ4n) is 3.58. The van der Waals surface area contributed by atoms with E-state index in [2.05, 4.69) is 22.2 Å². The van der Waals surface area contributed by atoms with Crippen molar-refractivity contribution in [3.8, 4) is 0 Å². The number of aromatic nitrogens is 3. The topological polar surface area (TPSA) is 76.9 Å². The Hall–Kier alpha value is -3.09. The average molecular weight is 380 g/mol. The Morgan fingerprint density at radius 2 is 2.18 bits per heavy atom. The number of aryl methyl sites for hydroxylation is 1. The summed E-state index contributed by atoms with van der Waals surface area (Å²) in [5.74, 6) is -0.196. The lowest BCUT2D eigenvalue weighted by Crippen LogP contribution is -2.32. The predicted molar refractivity (Wildman–Crippen MR) is 103 cm³/mol. The Balaban J connectivity index is 1.54. The molecule has 0 unspecified atom stereocenters. The monoisotopic (exact) mass is 380 g/mol. The number of carbonyl (C=O) groups excluding carboxylic acids is 1. The molecular weight excluding hydrogens is 359 g/mol. The van der Waals surface area contributed by atoms with Crippen molar-refractivity contribution < 1.29 is 9.18 Å². The Bertz CT molecular complexity index is 1110. The third-order valence-corrected chi connectivity index (χ3v) is 5.17. The predicted octanol–water partition coefficient (Wildman–Crippen LogP) is 2.37. The molecule has 0 spiro atoms. The first-order chi connectivity index (χ1) is 13.5. The van der Waals surface area contributed by atoms with E-state index in [4.69, 9.17) is 0 Å². The summed E-state index contributed by atoms with van der Waals surface area (Å²) in [5.41, 5.74) is 2.62. The van der Waals surface area contributed by atoms with Crippen LogP contribution in [-0.2, 0) is 30.7 Å². The van der Waals surface area contributed by atoms with Gasteiger partial charge in [0.2, 0.25) is 5.91 Å². The molecule has 2 heterocycles. The SMILES string of the molecule is C[C@@H]1CCc2nc3ncn(CC(=O)NCc4ccccc4F)c(=O)c3cc2C1. The maximum Gasteiger partial charge on any atom is 0.263 e. The molecule has 1 N–H and O–H groups in total. The molecule has 0 saturated carbocycles. The van der Waals surface area contributed by atoms with Gasteiger partial charge in [-0.25, -0.2) is 14.4 Å². The van der Waals surface area contributed by atoms with Crippen LogP contribution >= 0.6 is 0 Å².